The maximum atomic E-state index is 11.5. The van der Waals surface area contributed by atoms with Crippen LogP contribution in [0.2, 0.25) is 0 Å². The van der Waals surface area contributed by atoms with Crippen LogP contribution in [-0.2, 0) is 11.3 Å². The van der Waals surface area contributed by atoms with Gasteiger partial charge in [0.1, 0.15) is 0 Å². The summed E-state index contributed by atoms with van der Waals surface area (Å²) in [5.41, 5.74) is 8.89. The molecule has 0 bridgehead atoms. The fourth-order valence-electron chi connectivity index (χ4n) is 2.27. The lowest BCUT2D eigenvalue weighted by molar-refractivity contribution is -0.122. The molecule has 124 valence electrons. The zero-order valence-electron chi connectivity index (χ0n) is 13.5. The number of benzene rings is 2. The van der Waals surface area contributed by atoms with Crippen LogP contribution in [0.5, 0.6) is 0 Å². The third-order valence-corrected chi connectivity index (χ3v) is 3.51. The minimum atomic E-state index is -0.479. The number of hydrogen-bond donors (Lipinski definition) is 2. The smallest absolute Gasteiger partial charge is 0.236 e. The summed E-state index contributed by atoms with van der Waals surface area (Å²) in [6.45, 7) is 5.20. The molecule has 5 heteroatoms. The Kier molecular flexibility index (Phi) is 7.59. The van der Waals surface area contributed by atoms with Crippen molar-refractivity contribution >= 4 is 29.7 Å². The summed E-state index contributed by atoms with van der Waals surface area (Å²) in [4.78, 5) is 13.7. The van der Waals surface area contributed by atoms with Gasteiger partial charge in [-0.15, -0.1) is 12.4 Å². The van der Waals surface area contributed by atoms with Crippen LogP contribution in [0.15, 0.2) is 54.6 Å². The number of anilines is 2. The molecule has 0 saturated heterocycles. The van der Waals surface area contributed by atoms with E-state index in [-0.39, 0.29) is 18.3 Å². The van der Waals surface area contributed by atoms with Crippen LogP contribution in [0.1, 0.15) is 19.4 Å². The standard InChI is InChI=1S/C18H23N3O.ClH/c1-3-21(16-7-5-4-6-8-16)17-11-9-15(10-12-17)13-20-18(22)14(2)19;/h4-12,14H,3,13,19H2,1-2H3,(H,20,22);1H/t14-;/m1./s1. The van der Waals surface area contributed by atoms with Gasteiger partial charge in [-0.25, -0.2) is 0 Å². The highest BCUT2D eigenvalue weighted by molar-refractivity contribution is 5.85. The van der Waals surface area contributed by atoms with Gasteiger partial charge < -0.3 is 16.0 Å². The molecule has 0 radical (unpaired) electrons. The molecule has 0 heterocycles. The summed E-state index contributed by atoms with van der Waals surface area (Å²) >= 11 is 0. The van der Waals surface area contributed by atoms with E-state index < -0.39 is 6.04 Å². The fraction of sp³-hybridized carbons (Fsp3) is 0.278. The van der Waals surface area contributed by atoms with Gasteiger partial charge >= 0.3 is 0 Å². The molecule has 2 aromatic carbocycles. The van der Waals surface area contributed by atoms with Crippen LogP contribution in [-0.4, -0.2) is 18.5 Å². The van der Waals surface area contributed by atoms with Crippen molar-refractivity contribution in [1.29, 1.82) is 0 Å². The predicted molar refractivity (Wildman–Crippen MR) is 98.3 cm³/mol. The molecule has 2 rings (SSSR count). The number of nitrogens with zero attached hydrogens (tertiary/aromatic N) is 1. The first-order valence-electron chi connectivity index (χ1n) is 7.56. The number of carbonyl (C=O) groups is 1. The molecule has 0 unspecified atom stereocenters. The highest BCUT2D eigenvalue weighted by Gasteiger charge is 2.08. The Hall–Kier alpha value is -2.04. The molecule has 2 aromatic rings. The van der Waals surface area contributed by atoms with Crippen molar-refractivity contribution in [2.45, 2.75) is 26.4 Å². The second-order valence-electron chi connectivity index (χ2n) is 5.25. The van der Waals surface area contributed by atoms with Crippen molar-refractivity contribution in [3.63, 3.8) is 0 Å². The van der Waals surface area contributed by atoms with Gasteiger partial charge in [-0.05, 0) is 43.7 Å². The SMILES string of the molecule is CCN(c1ccccc1)c1ccc(CNC(=O)[C@@H](C)N)cc1.Cl. The molecule has 0 aromatic heterocycles. The lowest BCUT2D eigenvalue weighted by atomic mass is 10.1. The quantitative estimate of drug-likeness (QED) is 0.853. The maximum absolute atomic E-state index is 11.5. The van der Waals surface area contributed by atoms with Gasteiger partial charge in [0.25, 0.3) is 0 Å². The third kappa shape index (κ3) is 5.27. The average Bonchev–Trinajstić information content (AvgIpc) is 2.55. The van der Waals surface area contributed by atoms with Gasteiger partial charge in [0.15, 0.2) is 0 Å². The molecule has 1 amide bonds. The predicted octanol–water partition coefficient (Wildman–Crippen LogP) is 3.23. The van der Waals surface area contributed by atoms with Crippen LogP contribution in [0.25, 0.3) is 0 Å². The maximum Gasteiger partial charge on any atom is 0.236 e. The van der Waals surface area contributed by atoms with Crippen molar-refractivity contribution in [1.82, 2.24) is 5.32 Å². The number of nitrogens with one attached hydrogen (secondary N) is 1. The number of rotatable bonds is 6. The molecule has 3 N–H and O–H groups in total. The molecular weight excluding hydrogens is 310 g/mol. The number of amides is 1. The number of para-hydroxylation sites is 1. The molecule has 0 fully saturated rings. The van der Waals surface area contributed by atoms with Crippen LogP contribution in [0.4, 0.5) is 11.4 Å². The first kappa shape index (κ1) is 19.0. The highest BCUT2D eigenvalue weighted by Crippen LogP contribution is 2.24. The summed E-state index contributed by atoms with van der Waals surface area (Å²) < 4.78 is 0. The normalized spacial score (nSPS) is 11.3. The van der Waals surface area contributed by atoms with Crippen molar-refractivity contribution in [3.8, 4) is 0 Å². The first-order chi connectivity index (χ1) is 10.6. The van der Waals surface area contributed by atoms with Crippen LogP contribution >= 0.6 is 12.4 Å². The van der Waals surface area contributed by atoms with E-state index in [1.807, 2.05) is 30.3 Å². The fourth-order valence-corrected chi connectivity index (χ4v) is 2.27. The van der Waals surface area contributed by atoms with E-state index in [4.69, 9.17) is 5.73 Å². The van der Waals surface area contributed by atoms with E-state index in [1.54, 1.807) is 6.92 Å². The minimum Gasteiger partial charge on any atom is -0.351 e. The Morgan fingerprint density at radius 3 is 2.17 bits per heavy atom. The van der Waals surface area contributed by atoms with E-state index in [2.05, 4.69) is 41.4 Å². The van der Waals surface area contributed by atoms with Crippen molar-refractivity contribution in [3.05, 3.63) is 60.2 Å². The minimum absolute atomic E-state index is 0. The topological polar surface area (TPSA) is 58.4 Å². The first-order valence-corrected chi connectivity index (χ1v) is 7.56. The molecule has 0 aliphatic carbocycles. The molecule has 0 saturated carbocycles. The molecule has 1 atom stereocenters. The number of halogens is 1. The van der Waals surface area contributed by atoms with Crippen LogP contribution in [0, 0.1) is 0 Å². The lowest BCUT2D eigenvalue weighted by Crippen LogP contribution is -2.37. The Balaban J connectivity index is 0.00000264. The zero-order chi connectivity index (χ0) is 15.9. The monoisotopic (exact) mass is 333 g/mol. The van der Waals surface area contributed by atoms with Gasteiger partial charge in [0.2, 0.25) is 5.91 Å². The van der Waals surface area contributed by atoms with Gasteiger partial charge in [0.05, 0.1) is 6.04 Å². The van der Waals surface area contributed by atoms with E-state index in [1.165, 1.54) is 5.69 Å². The second kappa shape index (κ2) is 9.18. The summed E-state index contributed by atoms with van der Waals surface area (Å²) in [6, 6.07) is 18.0. The summed E-state index contributed by atoms with van der Waals surface area (Å²) in [5.74, 6) is -0.136. The van der Waals surface area contributed by atoms with Crippen molar-refractivity contribution in [2.24, 2.45) is 5.73 Å². The van der Waals surface area contributed by atoms with E-state index >= 15 is 0 Å². The molecule has 0 spiro atoms. The second-order valence-corrected chi connectivity index (χ2v) is 5.25. The Morgan fingerprint density at radius 2 is 1.65 bits per heavy atom. The van der Waals surface area contributed by atoms with Crippen LogP contribution < -0.4 is 16.0 Å². The highest BCUT2D eigenvalue weighted by atomic mass is 35.5. The molecule has 0 aliphatic heterocycles. The number of carbonyl (C=O) groups excluding carboxylic acids is 1. The Bertz CT molecular complexity index is 599. The van der Waals surface area contributed by atoms with E-state index in [0.29, 0.717) is 6.54 Å². The van der Waals surface area contributed by atoms with Gasteiger partial charge in [-0.3, -0.25) is 4.79 Å². The zero-order valence-corrected chi connectivity index (χ0v) is 14.3. The summed E-state index contributed by atoms with van der Waals surface area (Å²) in [6.07, 6.45) is 0. The van der Waals surface area contributed by atoms with E-state index in [0.717, 1.165) is 17.8 Å². The third-order valence-electron chi connectivity index (χ3n) is 3.51. The largest absolute Gasteiger partial charge is 0.351 e. The summed E-state index contributed by atoms with van der Waals surface area (Å²) in [7, 11) is 0. The Labute approximate surface area is 144 Å². The average molecular weight is 334 g/mol. The van der Waals surface area contributed by atoms with Crippen molar-refractivity contribution < 1.29 is 4.79 Å². The molecule has 0 aliphatic rings. The molecule has 4 nitrogen and oxygen atoms in total. The van der Waals surface area contributed by atoms with Gasteiger partial charge in [-0.1, -0.05) is 30.3 Å². The molecular formula is C18H24ClN3O. The van der Waals surface area contributed by atoms with Crippen molar-refractivity contribution in [2.75, 3.05) is 11.4 Å². The summed E-state index contributed by atoms with van der Waals surface area (Å²) in [5, 5.41) is 2.82. The molecule has 23 heavy (non-hydrogen) atoms. The number of nitrogens with two attached hydrogens (primary N) is 1. The van der Waals surface area contributed by atoms with Gasteiger partial charge in [0, 0.05) is 24.5 Å². The Morgan fingerprint density at radius 1 is 1.09 bits per heavy atom. The van der Waals surface area contributed by atoms with Gasteiger partial charge in [-0.2, -0.15) is 0 Å². The van der Waals surface area contributed by atoms with Crippen LogP contribution in [0.3, 0.4) is 0 Å². The lowest BCUT2D eigenvalue weighted by Gasteiger charge is -2.23. The number of hydrogen-bond acceptors (Lipinski definition) is 3. The van der Waals surface area contributed by atoms with E-state index in [9.17, 15) is 4.79 Å².